The van der Waals surface area contributed by atoms with E-state index in [0.717, 1.165) is 36.4 Å². The largest absolute Gasteiger partial charge is 0.361 e. The fourth-order valence-electron chi connectivity index (χ4n) is 2.85. The van der Waals surface area contributed by atoms with Crippen LogP contribution in [0.3, 0.4) is 0 Å². The van der Waals surface area contributed by atoms with Gasteiger partial charge in [-0.2, -0.15) is 0 Å². The molecule has 4 nitrogen and oxygen atoms in total. The van der Waals surface area contributed by atoms with Crippen molar-refractivity contribution in [3.63, 3.8) is 0 Å². The zero-order valence-electron chi connectivity index (χ0n) is 11.8. The van der Waals surface area contributed by atoms with Crippen LogP contribution in [0.5, 0.6) is 0 Å². The summed E-state index contributed by atoms with van der Waals surface area (Å²) in [6.07, 6.45) is 2.53. The SMILES string of the molecule is Cc1noc(C)c1CC(=O)N1CCCC1c1cccs1. The van der Waals surface area contributed by atoms with Crippen LogP contribution < -0.4 is 0 Å². The van der Waals surface area contributed by atoms with Crippen molar-refractivity contribution in [3.8, 4) is 0 Å². The molecule has 106 valence electrons. The zero-order chi connectivity index (χ0) is 14.1. The predicted molar refractivity (Wildman–Crippen MR) is 77.7 cm³/mol. The third-order valence-corrected chi connectivity index (χ3v) is 4.93. The normalized spacial score (nSPS) is 18.7. The summed E-state index contributed by atoms with van der Waals surface area (Å²) in [6, 6.07) is 4.43. The molecule has 1 amide bonds. The van der Waals surface area contributed by atoms with Crippen LogP contribution in [0.25, 0.3) is 0 Å². The second kappa shape index (κ2) is 5.40. The summed E-state index contributed by atoms with van der Waals surface area (Å²) in [5.74, 6) is 0.929. The van der Waals surface area contributed by atoms with Crippen molar-refractivity contribution in [2.45, 2.75) is 39.2 Å². The van der Waals surface area contributed by atoms with Gasteiger partial charge >= 0.3 is 0 Å². The fourth-order valence-corrected chi connectivity index (χ4v) is 3.72. The molecule has 1 unspecified atom stereocenters. The van der Waals surface area contributed by atoms with E-state index in [1.807, 2.05) is 18.7 Å². The number of rotatable bonds is 3. The Morgan fingerprint density at radius 1 is 1.55 bits per heavy atom. The molecule has 1 saturated heterocycles. The molecule has 1 aliphatic heterocycles. The quantitative estimate of drug-likeness (QED) is 0.871. The molecule has 1 atom stereocenters. The standard InChI is InChI=1S/C15H18N2O2S/c1-10-12(11(2)19-16-10)9-15(18)17-7-3-5-13(17)14-6-4-8-20-14/h4,6,8,13H,3,5,7,9H2,1-2H3. The van der Waals surface area contributed by atoms with Crippen molar-refractivity contribution in [1.82, 2.24) is 10.1 Å². The van der Waals surface area contributed by atoms with E-state index >= 15 is 0 Å². The molecule has 0 bridgehead atoms. The molecule has 1 aliphatic rings. The van der Waals surface area contributed by atoms with Gasteiger partial charge in [0.1, 0.15) is 5.76 Å². The molecule has 3 rings (SSSR count). The topological polar surface area (TPSA) is 46.3 Å². The van der Waals surface area contributed by atoms with Gasteiger partial charge in [0.25, 0.3) is 0 Å². The number of thiophene rings is 1. The Hall–Kier alpha value is -1.62. The van der Waals surface area contributed by atoms with Crippen molar-refractivity contribution >= 4 is 17.2 Å². The highest BCUT2D eigenvalue weighted by Gasteiger charge is 2.31. The number of aryl methyl sites for hydroxylation is 2. The van der Waals surface area contributed by atoms with E-state index in [-0.39, 0.29) is 11.9 Å². The Morgan fingerprint density at radius 2 is 2.40 bits per heavy atom. The number of likely N-dealkylation sites (tertiary alicyclic amines) is 1. The monoisotopic (exact) mass is 290 g/mol. The lowest BCUT2D eigenvalue weighted by atomic mass is 10.1. The summed E-state index contributed by atoms with van der Waals surface area (Å²) in [5, 5.41) is 6.00. The van der Waals surface area contributed by atoms with E-state index in [4.69, 9.17) is 4.52 Å². The summed E-state index contributed by atoms with van der Waals surface area (Å²) in [5.41, 5.74) is 1.76. The van der Waals surface area contributed by atoms with Crippen molar-refractivity contribution in [2.75, 3.05) is 6.54 Å². The highest BCUT2D eigenvalue weighted by molar-refractivity contribution is 7.10. The summed E-state index contributed by atoms with van der Waals surface area (Å²) in [7, 11) is 0. The van der Waals surface area contributed by atoms with E-state index in [1.165, 1.54) is 4.88 Å². The van der Waals surface area contributed by atoms with Gasteiger partial charge in [-0.1, -0.05) is 11.2 Å². The summed E-state index contributed by atoms with van der Waals surface area (Å²) < 4.78 is 5.14. The third-order valence-electron chi connectivity index (χ3n) is 3.95. The summed E-state index contributed by atoms with van der Waals surface area (Å²) >= 11 is 1.73. The van der Waals surface area contributed by atoms with Crippen molar-refractivity contribution in [1.29, 1.82) is 0 Å². The number of hydrogen-bond donors (Lipinski definition) is 0. The smallest absolute Gasteiger partial charge is 0.227 e. The number of nitrogens with zero attached hydrogens (tertiary/aromatic N) is 2. The minimum absolute atomic E-state index is 0.176. The molecule has 20 heavy (non-hydrogen) atoms. The first kappa shape index (κ1) is 13.4. The second-order valence-corrected chi connectivity index (χ2v) is 6.22. The molecule has 0 N–H and O–H groups in total. The molecule has 3 heterocycles. The lowest BCUT2D eigenvalue weighted by Gasteiger charge is -2.24. The Labute approximate surface area is 122 Å². The van der Waals surface area contributed by atoms with E-state index in [9.17, 15) is 4.79 Å². The average molecular weight is 290 g/mol. The molecule has 2 aromatic heterocycles. The van der Waals surface area contributed by atoms with Crippen LogP contribution in [0.15, 0.2) is 22.0 Å². The first-order chi connectivity index (χ1) is 9.66. The minimum atomic E-state index is 0.176. The molecular formula is C15H18N2O2S. The molecule has 0 saturated carbocycles. The van der Waals surface area contributed by atoms with Gasteiger partial charge in [-0.05, 0) is 38.1 Å². The molecule has 2 aromatic rings. The lowest BCUT2D eigenvalue weighted by Crippen LogP contribution is -2.31. The Morgan fingerprint density at radius 3 is 3.05 bits per heavy atom. The maximum absolute atomic E-state index is 12.6. The molecular weight excluding hydrogens is 272 g/mol. The maximum atomic E-state index is 12.6. The van der Waals surface area contributed by atoms with Crippen LogP contribution in [0.1, 0.15) is 40.8 Å². The number of carbonyl (C=O) groups is 1. The van der Waals surface area contributed by atoms with Crippen LogP contribution in [0.2, 0.25) is 0 Å². The van der Waals surface area contributed by atoms with Gasteiger partial charge in [-0.3, -0.25) is 4.79 Å². The fraction of sp³-hybridized carbons (Fsp3) is 0.467. The molecule has 0 radical (unpaired) electrons. The third kappa shape index (κ3) is 2.38. The van der Waals surface area contributed by atoms with E-state index in [1.54, 1.807) is 11.3 Å². The van der Waals surface area contributed by atoms with Gasteiger partial charge in [0.2, 0.25) is 5.91 Å². The Bertz CT molecular complexity index is 584. The number of aromatic nitrogens is 1. The predicted octanol–water partition coefficient (Wildman–Crippen LogP) is 3.26. The average Bonchev–Trinajstić information content (AvgIpc) is 3.13. The van der Waals surface area contributed by atoms with Crippen LogP contribution >= 0.6 is 11.3 Å². The van der Waals surface area contributed by atoms with Gasteiger partial charge in [0.05, 0.1) is 18.2 Å². The Kier molecular flexibility index (Phi) is 3.61. The van der Waals surface area contributed by atoms with E-state index < -0.39 is 0 Å². The second-order valence-electron chi connectivity index (χ2n) is 5.24. The van der Waals surface area contributed by atoms with Crippen molar-refractivity contribution in [2.24, 2.45) is 0 Å². The van der Waals surface area contributed by atoms with Gasteiger partial charge in [0.15, 0.2) is 0 Å². The van der Waals surface area contributed by atoms with Gasteiger partial charge in [-0.15, -0.1) is 11.3 Å². The van der Waals surface area contributed by atoms with E-state index in [0.29, 0.717) is 6.42 Å². The molecule has 0 aromatic carbocycles. The van der Waals surface area contributed by atoms with Crippen LogP contribution in [0.4, 0.5) is 0 Å². The lowest BCUT2D eigenvalue weighted by molar-refractivity contribution is -0.131. The van der Waals surface area contributed by atoms with E-state index in [2.05, 4.69) is 22.7 Å². The Balaban J connectivity index is 1.77. The first-order valence-electron chi connectivity index (χ1n) is 6.91. The van der Waals surface area contributed by atoms with Crippen LogP contribution in [0, 0.1) is 13.8 Å². The minimum Gasteiger partial charge on any atom is -0.361 e. The van der Waals surface area contributed by atoms with Crippen LogP contribution in [-0.2, 0) is 11.2 Å². The van der Waals surface area contributed by atoms with Gasteiger partial charge in [0, 0.05) is 17.0 Å². The molecule has 0 aliphatic carbocycles. The van der Waals surface area contributed by atoms with Crippen molar-refractivity contribution in [3.05, 3.63) is 39.4 Å². The summed E-state index contributed by atoms with van der Waals surface area (Å²) in [4.78, 5) is 15.9. The number of carbonyl (C=O) groups excluding carboxylic acids is 1. The highest BCUT2D eigenvalue weighted by Crippen LogP contribution is 2.35. The van der Waals surface area contributed by atoms with Gasteiger partial charge in [-0.25, -0.2) is 0 Å². The van der Waals surface area contributed by atoms with Crippen LogP contribution in [-0.4, -0.2) is 22.5 Å². The summed E-state index contributed by atoms with van der Waals surface area (Å²) in [6.45, 7) is 4.61. The number of amides is 1. The van der Waals surface area contributed by atoms with Gasteiger partial charge < -0.3 is 9.42 Å². The molecule has 1 fully saturated rings. The molecule has 0 spiro atoms. The first-order valence-corrected chi connectivity index (χ1v) is 7.79. The maximum Gasteiger partial charge on any atom is 0.227 e. The van der Waals surface area contributed by atoms with Crippen molar-refractivity contribution < 1.29 is 9.32 Å². The molecule has 5 heteroatoms. The zero-order valence-corrected chi connectivity index (χ0v) is 12.6. The highest BCUT2D eigenvalue weighted by atomic mass is 32.1. The number of hydrogen-bond acceptors (Lipinski definition) is 4.